The predicted octanol–water partition coefficient (Wildman–Crippen LogP) is 3.26. The second-order valence-corrected chi connectivity index (χ2v) is 9.21. The van der Waals surface area contributed by atoms with Crippen molar-refractivity contribution in [3.63, 3.8) is 0 Å². The maximum atomic E-state index is 15.8. The molecular weight excluding hydrogens is 446 g/mol. The monoisotopic (exact) mass is 460 g/mol. The second-order valence-electron chi connectivity index (χ2n) is 7.77. The molecule has 4 aromatic rings. The molecule has 31 heavy (non-hydrogen) atoms. The lowest BCUT2D eigenvalue weighted by molar-refractivity contribution is 0.261. The number of nitrogens with one attached hydrogen (secondary N) is 2. The Hall–Kier alpha value is -2.82. The van der Waals surface area contributed by atoms with Crippen molar-refractivity contribution in [1.82, 2.24) is 20.3 Å². The highest BCUT2D eigenvalue weighted by Crippen LogP contribution is 2.43. The highest BCUT2D eigenvalue weighted by molar-refractivity contribution is 7.22. The number of piperidine rings is 1. The predicted molar refractivity (Wildman–Crippen MR) is 118 cm³/mol. The molecule has 0 aliphatic carbocycles. The van der Waals surface area contributed by atoms with Gasteiger partial charge in [0, 0.05) is 41.7 Å². The van der Waals surface area contributed by atoms with Crippen LogP contribution in [0.3, 0.4) is 0 Å². The molecule has 2 aromatic carbocycles. The maximum absolute atomic E-state index is 15.8. The molecule has 2 aliphatic rings. The zero-order chi connectivity index (χ0) is 21.4. The number of hydrogen-bond donors (Lipinski definition) is 3. The number of hydrogen-bond acceptors (Lipinski definition) is 7. The Labute approximate surface area is 182 Å². The molecule has 2 aliphatic heterocycles. The number of piperazine rings is 1. The van der Waals surface area contributed by atoms with Crippen LogP contribution in [0.1, 0.15) is 6.42 Å². The van der Waals surface area contributed by atoms with E-state index in [-0.39, 0.29) is 43.5 Å². The van der Waals surface area contributed by atoms with Gasteiger partial charge in [0.05, 0.1) is 20.8 Å². The molecule has 2 saturated heterocycles. The first-order chi connectivity index (χ1) is 14.9. The van der Waals surface area contributed by atoms with Gasteiger partial charge in [-0.15, -0.1) is 0 Å². The zero-order valence-electron chi connectivity index (χ0n) is 15.9. The molecule has 158 valence electrons. The van der Waals surface area contributed by atoms with E-state index in [4.69, 9.17) is 17.3 Å². The maximum Gasteiger partial charge on any atom is 0.347 e. The number of thiazole rings is 1. The van der Waals surface area contributed by atoms with Gasteiger partial charge in [-0.05, 0) is 24.6 Å². The van der Waals surface area contributed by atoms with Crippen LogP contribution in [0.5, 0.6) is 0 Å². The van der Waals surface area contributed by atoms with Crippen LogP contribution in [0.4, 0.5) is 19.7 Å². The zero-order valence-corrected chi connectivity index (χ0v) is 17.4. The summed E-state index contributed by atoms with van der Waals surface area (Å²) in [6.07, 6.45) is 0.996. The summed E-state index contributed by atoms with van der Waals surface area (Å²) >= 11 is 7.53. The normalized spacial score (nSPS) is 20.4. The van der Waals surface area contributed by atoms with Crippen LogP contribution in [-0.4, -0.2) is 40.1 Å². The smallest absolute Gasteiger partial charge is 0.347 e. The molecule has 0 spiro atoms. The van der Waals surface area contributed by atoms with E-state index in [1.54, 1.807) is 6.07 Å². The van der Waals surface area contributed by atoms with Crippen LogP contribution in [0.2, 0.25) is 5.02 Å². The third-order valence-electron chi connectivity index (χ3n) is 6.02. The Kier molecular flexibility index (Phi) is 4.02. The minimum absolute atomic E-state index is 0.00742. The molecule has 0 radical (unpaired) electrons. The molecule has 2 unspecified atom stereocenters. The molecular formula is C20H15ClF2N6OS. The van der Waals surface area contributed by atoms with Crippen molar-refractivity contribution in [2.45, 2.75) is 18.5 Å². The van der Waals surface area contributed by atoms with Gasteiger partial charge < -0.3 is 20.9 Å². The van der Waals surface area contributed by atoms with Crippen molar-refractivity contribution in [3.8, 4) is 11.1 Å². The number of fused-ring (bicyclic) bond motifs is 4. The number of aromatic nitrogens is 3. The Morgan fingerprint density at radius 2 is 2.00 bits per heavy atom. The summed E-state index contributed by atoms with van der Waals surface area (Å²) in [5.74, 6) is -0.786. The summed E-state index contributed by atoms with van der Waals surface area (Å²) in [5.41, 5.74) is 5.68. The van der Waals surface area contributed by atoms with Gasteiger partial charge in [-0.1, -0.05) is 22.9 Å². The molecule has 2 fully saturated rings. The molecule has 11 heteroatoms. The van der Waals surface area contributed by atoms with E-state index in [0.717, 1.165) is 30.8 Å². The molecule has 0 amide bonds. The SMILES string of the molecule is Nc1nc2c(-c3c(Cl)cc4c(N5C6CNCC5C6)nc(=O)[nH]c4c3F)ccc(F)c2s1. The van der Waals surface area contributed by atoms with Gasteiger partial charge in [0.2, 0.25) is 0 Å². The highest BCUT2D eigenvalue weighted by Gasteiger charge is 2.43. The lowest BCUT2D eigenvalue weighted by Gasteiger charge is -2.53. The van der Waals surface area contributed by atoms with Gasteiger partial charge in [0.1, 0.15) is 11.6 Å². The number of nitrogens with two attached hydrogens (primary N) is 1. The fourth-order valence-corrected chi connectivity index (χ4v) is 5.73. The highest BCUT2D eigenvalue weighted by atomic mass is 35.5. The van der Waals surface area contributed by atoms with Crippen LogP contribution < -0.4 is 21.6 Å². The first-order valence-corrected chi connectivity index (χ1v) is 10.9. The molecule has 4 heterocycles. The van der Waals surface area contributed by atoms with E-state index >= 15 is 4.39 Å². The number of H-pyrrole nitrogens is 1. The van der Waals surface area contributed by atoms with Crippen molar-refractivity contribution >= 4 is 55.0 Å². The number of rotatable bonds is 2. The van der Waals surface area contributed by atoms with Crippen LogP contribution in [0.15, 0.2) is 23.0 Å². The molecule has 4 N–H and O–H groups in total. The van der Waals surface area contributed by atoms with Crippen molar-refractivity contribution in [3.05, 3.63) is 45.3 Å². The standard InChI is InChI=1S/C20H15ClF2N6OS/c21-11-4-10-15(27-20(30)28-18(10)29-7-3-8(29)6-25-5-7)14(23)13(11)9-1-2-12(22)17-16(9)26-19(24)31-17/h1-2,4,7-8,25H,3,5-6H2,(H2,24,26)(H,27,28,30). The fraction of sp³-hybridized carbons (Fsp3) is 0.250. The Bertz CT molecular complexity index is 1440. The van der Waals surface area contributed by atoms with E-state index in [2.05, 4.69) is 25.2 Å². The minimum Gasteiger partial charge on any atom is -0.375 e. The van der Waals surface area contributed by atoms with Gasteiger partial charge in [-0.2, -0.15) is 4.98 Å². The molecule has 2 bridgehead atoms. The quantitative estimate of drug-likeness (QED) is 0.424. The van der Waals surface area contributed by atoms with Crippen molar-refractivity contribution in [1.29, 1.82) is 0 Å². The Morgan fingerprint density at radius 3 is 2.74 bits per heavy atom. The lowest BCUT2D eigenvalue weighted by Crippen LogP contribution is -2.68. The van der Waals surface area contributed by atoms with Crippen molar-refractivity contribution in [2.75, 3.05) is 23.7 Å². The molecule has 2 atom stereocenters. The van der Waals surface area contributed by atoms with E-state index in [9.17, 15) is 9.18 Å². The Morgan fingerprint density at radius 1 is 1.23 bits per heavy atom. The number of benzene rings is 2. The van der Waals surface area contributed by atoms with Gasteiger partial charge in [-0.25, -0.2) is 18.6 Å². The number of halogens is 3. The summed E-state index contributed by atoms with van der Waals surface area (Å²) in [6.45, 7) is 1.55. The van der Waals surface area contributed by atoms with Crippen LogP contribution >= 0.6 is 22.9 Å². The third-order valence-corrected chi connectivity index (χ3v) is 7.21. The van der Waals surface area contributed by atoms with E-state index in [1.165, 1.54) is 12.1 Å². The molecule has 6 rings (SSSR count). The number of nitrogen functional groups attached to an aromatic ring is 1. The fourth-order valence-electron chi connectivity index (χ4n) is 4.67. The van der Waals surface area contributed by atoms with E-state index in [0.29, 0.717) is 16.8 Å². The summed E-state index contributed by atoms with van der Waals surface area (Å²) in [4.78, 5) is 25.2. The third kappa shape index (κ3) is 2.68. The molecule has 7 nitrogen and oxygen atoms in total. The largest absolute Gasteiger partial charge is 0.375 e. The van der Waals surface area contributed by atoms with Crippen molar-refractivity contribution < 1.29 is 8.78 Å². The Balaban J connectivity index is 1.62. The summed E-state index contributed by atoms with van der Waals surface area (Å²) < 4.78 is 30.3. The summed E-state index contributed by atoms with van der Waals surface area (Å²) in [5, 5.41) is 4.03. The number of nitrogens with zero attached hydrogens (tertiary/aromatic N) is 3. The van der Waals surface area contributed by atoms with Crippen molar-refractivity contribution in [2.24, 2.45) is 0 Å². The molecule has 2 aromatic heterocycles. The summed E-state index contributed by atoms with van der Waals surface area (Å²) in [7, 11) is 0. The second kappa shape index (κ2) is 6.59. The average Bonchev–Trinajstić information content (AvgIpc) is 3.13. The number of anilines is 2. The summed E-state index contributed by atoms with van der Waals surface area (Å²) in [6, 6.07) is 4.64. The average molecular weight is 461 g/mol. The first kappa shape index (κ1) is 18.9. The van der Waals surface area contributed by atoms with Gasteiger partial charge in [-0.3, -0.25) is 0 Å². The van der Waals surface area contributed by atoms with E-state index in [1.807, 2.05) is 0 Å². The first-order valence-electron chi connectivity index (χ1n) is 9.68. The number of aromatic amines is 1. The van der Waals surface area contributed by atoms with Crippen LogP contribution in [-0.2, 0) is 0 Å². The lowest BCUT2D eigenvalue weighted by atomic mass is 9.88. The van der Waals surface area contributed by atoms with Gasteiger partial charge >= 0.3 is 5.69 Å². The topological polar surface area (TPSA) is 99.9 Å². The van der Waals surface area contributed by atoms with Crippen LogP contribution in [0.25, 0.3) is 32.2 Å². The van der Waals surface area contributed by atoms with Gasteiger partial charge in [0.25, 0.3) is 0 Å². The van der Waals surface area contributed by atoms with Crippen LogP contribution in [0, 0.1) is 11.6 Å². The minimum atomic E-state index is -0.716. The van der Waals surface area contributed by atoms with E-state index < -0.39 is 17.3 Å². The molecule has 0 saturated carbocycles. The van der Waals surface area contributed by atoms with Gasteiger partial charge in [0.15, 0.2) is 10.9 Å².